The van der Waals surface area contributed by atoms with E-state index < -0.39 is 0 Å². The molecular formula is C20H34B. The third kappa shape index (κ3) is 11.6. The van der Waals surface area contributed by atoms with Crippen LogP contribution in [0, 0.1) is 0 Å². The lowest BCUT2D eigenvalue weighted by atomic mass is 9.66. The average Bonchev–Trinajstić information content (AvgIpc) is 2.53. The van der Waals surface area contributed by atoms with E-state index in [1.165, 1.54) is 88.8 Å². The lowest BCUT2D eigenvalue weighted by Crippen LogP contribution is -2.12. The Bertz CT molecular complexity index is 307. The van der Waals surface area contributed by atoms with Crippen molar-refractivity contribution >= 4 is 12.7 Å². The second kappa shape index (κ2) is 14.2. The average molecular weight is 285 g/mol. The van der Waals surface area contributed by atoms with Crippen LogP contribution in [0.25, 0.3) is 0 Å². The van der Waals surface area contributed by atoms with Gasteiger partial charge in [0.2, 0.25) is 0 Å². The van der Waals surface area contributed by atoms with E-state index >= 15 is 0 Å². The molecule has 1 rings (SSSR count). The number of benzene rings is 1. The van der Waals surface area contributed by atoms with Crippen molar-refractivity contribution in [1.82, 2.24) is 0 Å². The molecule has 0 nitrogen and oxygen atoms in total. The van der Waals surface area contributed by atoms with Gasteiger partial charge in [0.05, 0.1) is 0 Å². The van der Waals surface area contributed by atoms with Gasteiger partial charge in [-0.2, -0.15) is 0 Å². The Morgan fingerprint density at radius 1 is 0.619 bits per heavy atom. The summed E-state index contributed by atoms with van der Waals surface area (Å²) in [6, 6.07) is 10.7. The van der Waals surface area contributed by atoms with E-state index in [1.54, 1.807) is 0 Å². The quantitative estimate of drug-likeness (QED) is 0.284. The molecule has 1 aromatic carbocycles. The van der Waals surface area contributed by atoms with Crippen molar-refractivity contribution in [2.24, 2.45) is 0 Å². The van der Waals surface area contributed by atoms with Gasteiger partial charge < -0.3 is 0 Å². The smallest absolute Gasteiger partial charge is 0.0878 e. The van der Waals surface area contributed by atoms with Gasteiger partial charge in [0.25, 0.3) is 0 Å². The monoisotopic (exact) mass is 285 g/mol. The van der Waals surface area contributed by atoms with Gasteiger partial charge in [-0.3, -0.25) is 0 Å². The van der Waals surface area contributed by atoms with Gasteiger partial charge in [0.15, 0.2) is 7.28 Å². The topological polar surface area (TPSA) is 0 Å². The fraction of sp³-hybridized carbons (Fsp3) is 0.700. The maximum Gasteiger partial charge on any atom is 0.151 e. The van der Waals surface area contributed by atoms with E-state index in [2.05, 4.69) is 44.5 Å². The number of hydrogen-bond acceptors (Lipinski definition) is 0. The van der Waals surface area contributed by atoms with Crippen LogP contribution in [-0.2, 0) is 0 Å². The maximum atomic E-state index is 2.37. The van der Waals surface area contributed by atoms with Gasteiger partial charge in [0, 0.05) is 0 Å². The highest BCUT2D eigenvalue weighted by Crippen LogP contribution is 2.12. The van der Waals surface area contributed by atoms with Gasteiger partial charge in [0.1, 0.15) is 0 Å². The summed E-state index contributed by atoms with van der Waals surface area (Å²) in [6.07, 6.45) is 18.4. The van der Waals surface area contributed by atoms with Gasteiger partial charge >= 0.3 is 0 Å². The summed E-state index contributed by atoms with van der Waals surface area (Å²) in [5, 5.41) is 0. The zero-order chi connectivity index (χ0) is 15.0. The molecule has 0 aromatic heterocycles. The molecule has 0 spiro atoms. The Labute approximate surface area is 134 Å². The molecule has 0 saturated heterocycles. The van der Waals surface area contributed by atoms with Crippen molar-refractivity contribution in [3.8, 4) is 0 Å². The Morgan fingerprint density at radius 2 is 1.10 bits per heavy atom. The summed E-state index contributed by atoms with van der Waals surface area (Å²) >= 11 is 0. The van der Waals surface area contributed by atoms with Crippen LogP contribution in [0.5, 0.6) is 0 Å². The van der Waals surface area contributed by atoms with E-state index in [1.807, 2.05) is 0 Å². The van der Waals surface area contributed by atoms with E-state index in [-0.39, 0.29) is 0 Å². The first-order chi connectivity index (χ1) is 10.4. The van der Waals surface area contributed by atoms with E-state index in [0.29, 0.717) is 0 Å². The fourth-order valence-corrected chi connectivity index (χ4v) is 2.84. The Hall–Kier alpha value is -0.715. The third-order valence-electron chi connectivity index (χ3n) is 4.24. The summed E-state index contributed by atoms with van der Waals surface area (Å²) in [4.78, 5) is 0. The molecule has 1 heteroatoms. The van der Waals surface area contributed by atoms with Crippen LogP contribution in [0.15, 0.2) is 30.3 Å². The minimum atomic E-state index is 1.24. The lowest BCUT2D eigenvalue weighted by molar-refractivity contribution is 0.548. The molecule has 1 radical (unpaired) electrons. The molecule has 0 unspecified atom stereocenters. The van der Waals surface area contributed by atoms with Crippen molar-refractivity contribution in [3.63, 3.8) is 0 Å². The molecule has 0 amide bonds. The number of hydrogen-bond donors (Lipinski definition) is 0. The molecule has 0 aliphatic rings. The van der Waals surface area contributed by atoms with Crippen molar-refractivity contribution in [1.29, 1.82) is 0 Å². The summed E-state index contributed by atoms with van der Waals surface area (Å²) in [6.45, 7) is 2.29. The molecule has 0 fully saturated rings. The molecule has 0 aliphatic carbocycles. The van der Waals surface area contributed by atoms with E-state index in [9.17, 15) is 0 Å². The largest absolute Gasteiger partial charge is 0.151 e. The Morgan fingerprint density at radius 3 is 1.62 bits per heavy atom. The molecule has 0 atom stereocenters. The molecule has 117 valence electrons. The second-order valence-corrected chi connectivity index (χ2v) is 6.29. The zero-order valence-corrected chi connectivity index (χ0v) is 14.2. The van der Waals surface area contributed by atoms with Crippen LogP contribution in [0.3, 0.4) is 0 Å². The molecule has 21 heavy (non-hydrogen) atoms. The third-order valence-corrected chi connectivity index (χ3v) is 4.24. The normalized spacial score (nSPS) is 10.7. The number of unbranched alkanes of at least 4 members (excludes halogenated alkanes) is 11. The van der Waals surface area contributed by atoms with Crippen LogP contribution < -0.4 is 5.46 Å². The Kier molecular flexibility index (Phi) is 12.4. The molecule has 0 bridgehead atoms. The van der Waals surface area contributed by atoms with Crippen molar-refractivity contribution < 1.29 is 0 Å². The van der Waals surface area contributed by atoms with Crippen LogP contribution >= 0.6 is 0 Å². The van der Waals surface area contributed by atoms with Crippen molar-refractivity contribution in [2.75, 3.05) is 0 Å². The van der Waals surface area contributed by atoms with Crippen LogP contribution in [-0.4, -0.2) is 7.28 Å². The first-order valence-electron chi connectivity index (χ1n) is 9.31. The summed E-state index contributed by atoms with van der Waals surface area (Å²) in [7, 11) is 2.37. The first-order valence-corrected chi connectivity index (χ1v) is 9.31. The summed E-state index contributed by atoms with van der Waals surface area (Å²) in [5.41, 5.74) is 1.38. The fourth-order valence-electron chi connectivity index (χ4n) is 2.84. The zero-order valence-electron chi connectivity index (χ0n) is 14.2. The predicted molar refractivity (Wildman–Crippen MR) is 97.7 cm³/mol. The van der Waals surface area contributed by atoms with Crippen molar-refractivity contribution in [3.05, 3.63) is 30.3 Å². The van der Waals surface area contributed by atoms with E-state index in [4.69, 9.17) is 0 Å². The standard InChI is InChI=1S/C20H34B/c1-2-3-4-5-6-7-8-9-10-11-12-16-19-21-20-17-14-13-15-18-20/h13-15,17-18H,2-12,16,19H2,1H3. The van der Waals surface area contributed by atoms with Gasteiger partial charge in [-0.05, 0) is 0 Å². The molecule has 1 aromatic rings. The molecule has 0 heterocycles. The molecule has 0 aliphatic heterocycles. The summed E-state index contributed by atoms with van der Waals surface area (Å²) in [5.74, 6) is 0. The van der Waals surface area contributed by atoms with Crippen LogP contribution in [0.2, 0.25) is 6.32 Å². The molecule has 0 N–H and O–H groups in total. The summed E-state index contributed by atoms with van der Waals surface area (Å²) < 4.78 is 0. The highest BCUT2D eigenvalue weighted by atomic mass is 14.0. The number of rotatable bonds is 14. The first kappa shape index (κ1) is 18.3. The van der Waals surface area contributed by atoms with Gasteiger partial charge in [-0.25, -0.2) is 0 Å². The van der Waals surface area contributed by atoms with Crippen LogP contribution in [0.4, 0.5) is 0 Å². The van der Waals surface area contributed by atoms with Crippen LogP contribution in [0.1, 0.15) is 84.0 Å². The highest BCUT2D eigenvalue weighted by Gasteiger charge is 1.96. The van der Waals surface area contributed by atoms with E-state index in [0.717, 1.165) is 0 Å². The van der Waals surface area contributed by atoms with Crippen molar-refractivity contribution in [2.45, 2.75) is 90.3 Å². The maximum absolute atomic E-state index is 2.37. The SMILES string of the molecule is CCCCCCCCCCCCCC[B]c1ccccc1. The molecule has 0 saturated carbocycles. The Balaban J connectivity index is 1.75. The van der Waals surface area contributed by atoms with Gasteiger partial charge in [-0.15, -0.1) is 0 Å². The van der Waals surface area contributed by atoms with Gasteiger partial charge in [-0.1, -0.05) is 126 Å². The lowest BCUT2D eigenvalue weighted by Gasteiger charge is -2.03. The highest BCUT2D eigenvalue weighted by molar-refractivity contribution is 6.53. The predicted octanol–water partition coefficient (Wildman–Crippen LogP) is 6.14. The molecular weight excluding hydrogens is 251 g/mol. The minimum Gasteiger partial charge on any atom is -0.0878 e. The minimum absolute atomic E-state index is 1.24. The second-order valence-electron chi connectivity index (χ2n) is 6.29.